The van der Waals surface area contributed by atoms with Gasteiger partial charge in [0.15, 0.2) is 5.78 Å². The second-order valence-corrected chi connectivity index (χ2v) is 6.43. The highest BCUT2D eigenvalue weighted by Gasteiger charge is 2.16. The fourth-order valence-electron chi connectivity index (χ4n) is 3.28. The summed E-state index contributed by atoms with van der Waals surface area (Å²) < 4.78 is 7.49. The number of ether oxygens (including phenoxy) is 1. The average Bonchev–Trinajstić information content (AvgIpc) is 2.97. The molecule has 4 heteroatoms. The molecule has 0 unspecified atom stereocenters. The maximum atomic E-state index is 12.0. The highest BCUT2D eigenvalue weighted by molar-refractivity contribution is 5.96. The highest BCUT2D eigenvalue weighted by Crippen LogP contribution is 2.25. The number of rotatable bonds is 4. The van der Waals surface area contributed by atoms with Crippen LogP contribution in [0.3, 0.4) is 0 Å². The molecule has 2 heterocycles. The fourth-order valence-corrected chi connectivity index (χ4v) is 3.28. The van der Waals surface area contributed by atoms with Gasteiger partial charge in [-0.25, -0.2) is 0 Å². The minimum atomic E-state index is 0.0608. The van der Waals surface area contributed by atoms with E-state index in [0.29, 0.717) is 11.5 Å². The zero-order valence-corrected chi connectivity index (χ0v) is 14.7. The number of carbonyl (C=O) groups excluding carboxylic acids is 1. The van der Waals surface area contributed by atoms with Crippen LogP contribution in [0.2, 0.25) is 0 Å². The van der Waals surface area contributed by atoms with E-state index in [1.165, 1.54) is 0 Å². The van der Waals surface area contributed by atoms with E-state index in [1.54, 1.807) is 19.1 Å². The molecule has 0 spiro atoms. The molecule has 2 aromatic rings. The molecule has 3 rings (SSSR count). The maximum absolute atomic E-state index is 12.0. The Morgan fingerprint density at radius 3 is 2.56 bits per heavy atom. The highest BCUT2D eigenvalue weighted by atomic mass is 16.5. The van der Waals surface area contributed by atoms with Crippen molar-refractivity contribution in [3.63, 3.8) is 0 Å². The Bertz CT molecular complexity index is 832. The van der Waals surface area contributed by atoms with Crippen molar-refractivity contribution in [1.82, 2.24) is 4.57 Å². The number of hydrogen-bond acceptors (Lipinski definition) is 3. The van der Waals surface area contributed by atoms with Crippen molar-refractivity contribution < 1.29 is 9.53 Å². The van der Waals surface area contributed by atoms with Gasteiger partial charge in [0.1, 0.15) is 0 Å². The van der Waals surface area contributed by atoms with Gasteiger partial charge in [-0.2, -0.15) is 5.26 Å². The lowest BCUT2D eigenvalue weighted by Crippen LogP contribution is -2.13. The van der Waals surface area contributed by atoms with Crippen LogP contribution < -0.4 is 0 Å². The molecule has 0 saturated carbocycles. The van der Waals surface area contributed by atoms with Gasteiger partial charge in [-0.15, -0.1) is 0 Å². The van der Waals surface area contributed by atoms with E-state index in [0.717, 1.165) is 48.7 Å². The molecule has 1 aromatic carbocycles. The maximum Gasteiger partial charge on any atom is 0.161 e. The molecule has 0 aliphatic carbocycles. The fraction of sp³-hybridized carbons (Fsp3) is 0.333. The monoisotopic (exact) mass is 334 g/mol. The van der Waals surface area contributed by atoms with Crippen LogP contribution >= 0.6 is 0 Å². The van der Waals surface area contributed by atoms with Crippen molar-refractivity contribution in [2.24, 2.45) is 5.92 Å². The number of aromatic nitrogens is 1. The molecule has 1 aliphatic rings. The molecule has 0 radical (unpaired) electrons. The summed E-state index contributed by atoms with van der Waals surface area (Å²) >= 11 is 0. The second-order valence-electron chi connectivity index (χ2n) is 6.43. The number of Topliss-reactive ketones (excluding diaryl/α,β-unsaturated/α-hetero) is 1. The molecule has 0 amide bonds. The number of benzene rings is 1. The molecule has 1 aromatic heterocycles. The van der Waals surface area contributed by atoms with Crippen molar-refractivity contribution in [3.8, 4) is 11.8 Å². The van der Waals surface area contributed by atoms with E-state index in [9.17, 15) is 4.79 Å². The number of carbonyl (C=O) groups is 1. The normalized spacial score (nSPS) is 15.4. The van der Waals surface area contributed by atoms with Crippen molar-refractivity contribution in [2.75, 3.05) is 13.2 Å². The van der Waals surface area contributed by atoms with Gasteiger partial charge in [0, 0.05) is 35.9 Å². The van der Waals surface area contributed by atoms with Crippen LogP contribution in [0.25, 0.3) is 11.8 Å². The lowest BCUT2D eigenvalue weighted by Gasteiger charge is -2.18. The van der Waals surface area contributed by atoms with Crippen LogP contribution in [-0.2, 0) is 4.74 Å². The average molecular weight is 334 g/mol. The van der Waals surface area contributed by atoms with Crippen LogP contribution in [0.4, 0.5) is 0 Å². The summed E-state index contributed by atoms with van der Waals surface area (Å²) in [4.78, 5) is 12.0. The predicted molar refractivity (Wildman–Crippen MR) is 97.8 cm³/mol. The van der Waals surface area contributed by atoms with E-state index in [1.807, 2.05) is 25.1 Å². The summed E-state index contributed by atoms with van der Waals surface area (Å²) in [7, 11) is 0. The van der Waals surface area contributed by atoms with Crippen molar-refractivity contribution in [3.05, 3.63) is 58.9 Å². The quantitative estimate of drug-likeness (QED) is 0.783. The lowest BCUT2D eigenvalue weighted by molar-refractivity contribution is 0.0787. The van der Waals surface area contributed by atoms with Gasteiger partial charge >= 0.3 is 0 Å². The number of ketones is 1. The van der Waals surface area contributed by atoms with Gasteiger partial charge in [-0.3, -0.25) is 4.79 Å². The van der Waals surface area contributed by atoms with Gasteiger partial charge < -0.3 is 9.30 Å². The zero-order valence-electron chi connectivity index (χ0n) is 14.7. The number of nitrogens with zero attached hydrogens (tertiary/aromatic N) is 2. The lowest BCUT2D eigenvalue weighted by atomic mass is 9.99. The van der Waals surface area contributed by atoms with Crippen LogP contribution in [0, 0.1) is 24.2 Å². The first-order valence-corrected chi connectivity index (χ1v) is 8.60. The first-order chi connectivity index (χ1) is 12.1. The molecular formula is C21H22N2O2. The van der Waals surface area contributed by atoms with Crippen molar-refractivity contribution in [2.45, 2.75) is 26.7 Å². The van der Waals surface area contributed by atoms with E-state index < -0.39 is 0 Å². The molecule has 1 aliphatic heterocycles. The molecule has 128 valence electrons. The smallest absolute Gasteiger partial charge is 0.161 e. The minimum absolute atomic E-state index is 0.0608. The van der Waals surface area contributed by atoms with Gasteiger partial charge in [0.2, 0.25) is 0 Å². The van der Waals surface area contributed by atoms with Crippen molar-refractivity contribution >= 4 is 11.9 Å². The third-order valence-electron chi connectivity index (χ3n) is 4.71. The van der Waals surface area contributed by atoms with Crippen LogP contribution in [0.5, 0.6) is 0 Å². The Morgan fingerprint density at radius 2 is 1.96 bits per heavy atom. The summed E-state index contributed by atoms with van der Waals surface area (Å²) in [5.41, 5.74) is 4.22. The summed E-state index contributed by atoms with van der Waals surface area (Å²) in [5.74, 6) is 0.574. The topological polar surface area (TPSA) is 55.0 Å². The van der Waals surface area contributed by atoms with E-state index in [-0.39, 0.29) is 5.78 Å². The number of hydrogen-bond donors (Lipinski definition) is 0. The Morgan fingerprint density at radius 1 is 1.28 bits per heavy atom. The summed E-state index contributed by atoms with van der Waals surface area (Å²) in [5, 5.41) is 8.99. The largest absolute Gasteiger partial charge is 0.381 e. The van der Waals surface area contributed by atoms with Gasteiger partial charge in [-0.05, 0) is 69.0 Å². The SMILES string of the molecule is CC(=O)c1cc(/C=C/C2CCOCC2)n(-c2ccc(C#N)cc2)c1C. The molecule has 0 atom stereocenters. The van der Waals surface area contributed by atoms with Crippen LogP contribution in [0.1, 0.15) is 47.1 Å². The third-order valence-corrected chi connectivity index (χ3v) is 4.71. The molecule has 1 fully saturated rings. The standard InChI is InChI=1S/C21H22N2O2/c1-15-21(16(2)24)13-20(8-3-17-9-11-25-12-10-17)23(15)19-6-4-18(14-22)5-7-19/h3-8,13,17H,9-12H2,1-2H3/b8-3+. The van der Waals surface area contributed by atoms with E-state index in [2.05, 4.69) is 22.8 Å². The summed E-state index contributed by atoms with van der Waals surface area (Å²) in [6.07, 6.45) is 6.40. The first-order valence-electron chi connectivity index (χ1n) is 8.60. The van der Waals surface area contributed by atoms with Gasteiger partial charge in [0.25, 0.3) is 0 Å². The third kappa shape index (κ3) is 3.72. The van der Waals surface area contributed by atoms with E-state index >= 15 is 0 Å². The molecule has 1 saturated heterocycles. The van der Waals surface area contributed by atoms with Crippen molar-refractivity contribution in [1.29, 1.82) is 5.26 Å². The molecule has 25 heavy (non-hydrogen) atoms. The molecule has 0 N–H and O–H groups in total. The first kappa shape index (κ1) is 17.2. The number of nitriles is 1. The summed E-state index contributed by atoms with van der Waals surface area (Å²) in [6.45, 7) is 5.17. The van der Waals surface area contributed by atoms with Crippen LogP contribution in [0.15, 0.2) is 36.4 Å². The zero-order chi connectivity index (χ0) is 17.8. The molecule has 0 bridgehead atoms. The van der Waals surface area contributed by atoms with E-state index in [4.69, 9.17) is 10.00 Å². The summed E-state index contributed by atoms with van der Waals surface area (Å²) in [6, 6.07) is 11.5. The number of allylic oxidation sites excluding steroid dienone is 1. The second kappa shape index (κ2) is 7.50. The predicted octanol–water partition coefficient (Wildman–Crippen LogP) is 4.30. The van der Waals surface area contributed by atoms with Crippen LogP contribution in [-0.4, -0.2) is 23.6 Å². The van der Waals surface area contributed by atoms with Gasteiger partial charge in [0.05, 0.1) is 11.6 Å². The molecule has 4 nitrogen and oxygen atoms in total. The molecular weight excluding hydrogens is 312 g/mol. The Balaban J connectivity index is 2.00. The Kier molecular flexibility index (Phi) is 5.16. The Labute approximate surface area is 148 Å². The van der Waals surface area contributed by atoms with Gasteiger partial charge in [-0.1, -0.05) is 6.08 Å². The minimum Gasteiger partial charge on any atom is -0.381 e. The Hall–Kier alpha value is -2.64.